The Labute approximate surface area is 167 Å². The molecule has 1 aromatic heterocycles. The fourth-order valence-electron chi connectivity index (χ4n) is 3.38. The molecular formula is C21H28N4O2S. The minimum absolute atomic E-state index is 0.269. The number of hydrogen-bond acceptors (Lipinski definition) is 4. The molecule has 2 aromatic carbocycles. The van der Waals surface area contributed by atoms with Gasteiger partial charge in [-0.15, -0.1) is 0 Å². The Bertz CT molecular complexity index is 1090. The molecule has 0 saturated heterocycles. The van der Waals surface area contributed by atoms with Gasteiger partial charge in [-0.3, -0.25) is 4.90 Å². The van der Waals surface area contributed by atoms with Crippen LogP contribution in [0, 0.1) is 6.92 Å². The van der Waals surface area contributed by atoms with E-state index >= 15 is 0 Å². The fraction of sp³-hybridized carbons (Fsp3) is 0.381. The summed E-state index contributed by atoms with van der Waals surface area (Å²) in [5.41, 5.74) is 4.24. The zero-order valence-corrected chi connectivity index (χ0v) is 18.0. The van der Waals surface area contributed by atoms with Crippen molar-refractivity contribution in [3.63, 3.8) is 0 Å². The molecule has 0 aliphatic rings. The van der Waals surface area contributed by atoms with Gasteiger partial charge < -0.3 is 4.57 Å². The molecule has 1 heterocycles. The maximum absolute atomic E-state index is 12.4. The maximum atomic E-state index is 12.4. The minimum atomic E-state index is -3.47. The molecule has 0 aliphatic heterocycles. The van der Waals surface area contributed by atoms with Crippen LogP contribution in [0.3, 0.4) is 0 Å². The molecule has 0 atom stereocenters. The number of aromatic nitrogens is 2. The highest BCUT2D eigenvalue weighted by molar-refractivity contribution is 7.89. The lowest BCUT2D eigenvalue weighted by Crippen LogP contribution is -2.22. The van der Waals surface area contributed by atoms with E-state index < -0.39 is 10.0 Å². The topological polar surface area (TPSA) is 58.4 Å². The number of aryl methyl sites for hydroxylation is 2. The first-order chi connectivity index (χ1) is 13.2. The van der Waals surface area contributed by atoms with E-state index in [1.807, 2.05) is 6.07 Å². The number of nitrogens with zero attached hydrogens (tertiary/aromatic N) is 4. The summed E-state index contributed by atoms with van der Waals surface area (Å²) in [6.45, 7) is 6.50. The van der Waals surface area contributed by atoms with Gasteiger partial charge in [-0.05, 0) is 50.2 Å². The molecule has 0 radical (unpaired) electrons. The first kappa shape index (κ1) is 20.5. The zero-order chi connectivity index (χ0) is 20.5. The van der Waals surface area contributed by atoms with E-state index in [2.05, 4.69) is 54.6 Å². The Kier molecular flexibility index (Phi) is 5.88. The van der Waals surface area contributed by atoms with Gasteiger partial charge in [0.15, 0.2) is 0 Å². The van der Waals surface area contributed by atoms with Crippen LogP contribution in [0.25, 0.3) is 11.0 Å². The third kappa shape index (κ3) is 3.97. The Hall–Kier alpha value is -2.22. The molecule has 0 amide bonds. The van der Waals surface area contributed by atoms with Crippen molar-refractivity contribution < 1.29 is 8.42 Å². The molecule has 0 saturated carbocycles. The summed E-state index contributed by atoms with van der Waals surface area (Å²) in [4.78, 5) is 7.26. The smallest absolute Gasteiger partial charge is 0.242 e. The number of rotatable bonds is 7. The summed E-state index contributed by atoms with van der Waals surface area (Å²) in [7, 11) is 1.68. The van der Waals surface area contributed by atoms with Gasteiger partial charge in [-0.25, -0.2) is 17.7 Å². The van der Waals surface area contributed by atoms with E-state index in [1.165, 1.54) is 29.5 Å². The zero-order valence-electron chi connectivity index (χ0n) is 17.2. The molecule has 7 heteroatoms. The lowest BCUT2D eigenvalue weighted by Gasteiger charge is -2.18. The van der Waals surface area contributed by atoms with Crippen LogP contribution in [0.5, 0.6) is 0 Å². The van der Waals surface area contributed by atoms with Gasteiger partial charge in [0.25, 0.3) is 0 Å². The minimum Gasteiger partial charge on any atom is -0.327 e. The highest BCUT2D eigenvalue weighted by Gasteiger charge is 2.20. The van der Waals surface area contributed by atoms with E-state index in [0.29, 0.717) is 12.1 Å². The molecule has 0 spiro atoms. The fourth-order valence-corrected chi connectivity index (χ4v) is 4.30. The number of imidazole rings is 1. The summed E-state index contributed by atoms with van der Waals surface area (Å²) in [5.74, 6) is 0.938. The van der Waals surface area contributed by atoms with E-state index in [0.717, 1.165) is 24.4 Å². The van der Waals surface area contributed by atoms with Gasteiger partial charge in [-0.2, -0.15) is 0 Å². The summed E-state index contributed by atoms with van der Waals surface area (Å²) in [5, 5.41) is 0. The Morgan fingerprint density at radius 2 is 1.75 bits per heavy atom. The van der Waals surface area contributed by atoms with E-state index in [4.69, 9.17) is 4.98 Å². The van der Waals surface area contributed by atoms with Crippen molar-refractivity contribution in [2.45, 2.75) is 38.4 Å². The quantitative estimate of drug-likeness (QED) is 0.611. The van der Waals surface area contributed by atoms with Crippen LogP contribution in [0.4, 0.5) is 0 Å². The Balaban J connectivity index is 1.92. The summed E-state index contributed by atoms with van der Waals surface area (Å²) < 4.78 is 28.2. The van der Waals surface area contributed by atoms with Crippen molar-refractivity contribution in [1.82, 2.24) is 18.8 Å². The molecule has 0 bridgehead atoms. The van der Waals surface area contributed by atoms with Crippen LogP contribution in [0.15, 0.2) is 47.4 Å². The Morgan fingerprint density at radius 3 is 2.39 bits per heavy atom. The van der Waals surface area contributed by atoms with Crippen LogP contribution in [0.2, 0.25) is 0 Å². The van der Waals surface area contributed by atoms with Gasteiger partial charge >= 0.3 is 0 Å². The van der Waals surface area contributed by atoms with Crippen molar-refractivity contribution in [2.75, 3.05) is 21.1 Å². The molecule has 0 unspecified atom stereocenters. The molecule has 6 nitrogen and oxygen atoms in total. The molecule has 0 fully saturated rings. The highest BCUT2D eigenvalue weighted by Crippen LogP contribution is 2.23. The van der Waals surface area contributed by atoms with Crippen molar-refractivity contribution >= 4 is 21.1 Å². The monoisotopic (exact) mass is 400 g/mol. The van der Waals surface area contributed by atoms with Gasteiger partial charge in [-0.1, -0.05) is 24.3 Å². The SMILES string of the molecule is CCn1c(CN(C)Cc2ccccc2C)nc2cc(S(=O)(=O)N(C)C)ccc21. The van der Waals surface area contributed by atoms with Crippen molar-refractivity contribution in [3.8, 4) is 0 Å². The number of hydrogen-bond donors (Lipinski definition) is 0. The molecular weight excluding hydrogens is 372 g/mol. The number of fused-ring (bicyclic) bond motifs is 1. The summed E-state index contributed by atoms with van der Waals surface area (Å²) >= 11 is 0. The predicted octanol–water partition coefficient (Wildman–Crippen LogP) is 3.25. The lowest BCUT2D eigenvalue weighted by molar-refractivity contribution is 0.305. The van der Waals surface area contributed by atoms with Crippen LogP contribution >= 0.6 is 0 Å². The Morgan fingerprint density at radius 1 is 1.04 bits per heavy atom. The van der Waals surface area contributed by atoms with Crippen LogP contribution in [-0.2, 0) is 29.7 Å². The van der Waals surface area contributed by atoms with Crippen LogP contribution in [0.1, 0.15) is 23.9 Å². The van der Waals surface area contributed by atoms with Crippen molar-refractivity contribution in [1.29, 1.82) is 0 Å². The first-order valence-corrected chi connectivity index (χ1v) is 10.8. The van der Waals surface area contributed by atoms with Gasteiger partial charge in [0.2, 0.25) is 10.0 Å². The number of benzene rings is 2. The molecule has 0 aliphatic carbocycles. The second-order valence-electron chi connectivity index (χ2n) is 7.31. The largest absolute Gasteiger partial charge is 0.327 e. The standard InChI is InChI=1S/C21H28N4O2S/c1-6-25-20-12-11-18(28(26,27)23(3)4)13-19(20)22-21(25)15-24(5)14-17-10-8-7-9-16(17)2/h7-13H,6,14-15H2,1-5H3. The van der Waals surface area contributed by atoms with E-state index in [9.17, 15) is 8.42 Å². The average molecular weight is 401 g/mol. The second kappa shape index (κ2) is 8.03. The predicted molar refractivity (Wildman–Crippen MR) is 113 cm³/mol. The normalized spacial score (nSPS) is 12.4. The average Bonchev–Trinajstić information content (AvgIpc) is 2.99. The maximum Gasteiger partial charge on any atom is 0.242 e. The van der Waals surface area contributed by atoms with Crippen molar-refractivity contribution in [2.24, 2.45) is 0 Å². The lowest BCUT2D eigenvalue weighted by atomic mass is 10.1. The second-order valence-corrected chi connectivity index (χ2v) is 9.46. The van der Waals surface area contributed by atoms with Gasteiger partial charge in [0.05, 0.1) is 22.5 Å². The molecule has 150 valence electrons. The molecule has 0 N–H and O–H groups in total. The van der Waals surface area contributed by atoms with E-state index in [1.54, 1.807) is 12.1 Å². The molecule has 3 aromatic rings. The summed E-state index contributed by atoms with van der Waals surface area (Å²) in [6, 6.07) is 13.6. The van der Waals surface area contributed by atoms with Crippen LogP contribution < -0.4 is 0 Å². The third-order valence-corrected chi connectivity index (χ3v) is 6.82. The summed E-state index contributed by atoms with van der Waals surface area (Å²) in [6.07, 6.45) is 0. The van der Waals surface area contributed by atoms with Crippen LogP contribution in [-0.4, -0.2) is 48.3 Å². The first-order valence-electron chi connectivity index (χ1n) is 9.38. The van der Waals surface area contributed by atoms with Crippen molar-refractivity contribution in [3.05, 3.63) is 59.4 Å². The molecule has 3 rings (SSSR count). The number of sulfonamides is 1. The third-order valence-electron chi connectivity index (χ3n) is 5.01. The van der Waals surface area contributed by atoms with Gasteiger partial charge in [0, 0.05) is 27.2 Å². The molecule has 28 heavy (non-hydrogen) atoms. The van der Waals surface area contributed by atoms with E-state index in [-0.39, 0.29) is 4.90 Å². The van der Waals surface area contributed by atoms with Gasteiger partial charge in [0.1, 0.15) is 5.82 Å². The highest BCUT2D eigenvalue weighted by atomic mass is 32.2.